The van der Waals surface area contributed by atoms with Crippen LogP contribution in [0.5, 0.6) is 17.2 Å². The van der Waals surface area contributed by atoms with Gasteiger partial charge in [-0.15, -0.1) is 0 Å². The number of thioether (sulfide) groups is 1. The molecule has 0 radical (unpaired) electrons. The van der Waals surface area contributed by atoms with Gasteiger partial charge in [-0.05, 0) is 79.4 Å². The van der Waals surface area contributed by atoms with E-state index in [1.807, 2.05) is 57.2 Å². The van der Waals surface area contributed by atoms with Gasteiger partial charge in [0.25, 0.3) is 11.1 Å². The predicted octanol–water partition coefficient (Wildman–Crippen LogP) is 5.85. The SMILES string of the molecule is CCOc1cc(/C=C2\SC(=O)N(CCOc3cc(C)ccc3C)C2=O)ccc1OCC(C)C. The topological polar surface area (TPSA) is 65.1 Å². The summed E-state index contributed by atoms with van der Waals surface area (Å²) in [6.45, 7) is 11.6. The molecule has 0 saturated carbocycles. The third-order valence-electron chi connectivity index (χ3n) is 4.93. The molecule has 1 aliphatic heterocycles. The van der Waals surface area contributed by atoms with Crippen LogP contribution in [0.25, 0.3) is 6.08 Å². The molecule has 0 N–H and O–H groups in total. The lowest BCUT2D eigenvalue weighted by molar-refractivity contribution is -0.123. The minimum absolute atomic E-state index is 0.196. The average molecular weight is 470 g/mol. The lowest BCUT2D eigenvalue weighted by atomic mass is 10.1. The van der Waals surface area contributed by atoms with E-state index in [1.54, 1.807) is 6.08 Å². The van der Waals surface area contributed by atoms with Crippen LogP contribution in [0.1, 0.15) is 37.5 Å². The molecule has 0 aromatic heterocycles. The van der Waals surface area contributed by atoms with Gasteiger partial charge in [-0.25, -0.2) is 0 Å². The second-order valence-corrected chi connectivity index (χ2v) is 9.29. The highest BCUT2D eigenvalue weighted by Gasteiger charge is 2.34. The summed E-state index contributed by atoms with van der Waals surface area (Å²) in [4.78, 5) is 26.9. The maximum Gasteiger partial charge on any atom is 0.293 e. The van der Waals surface area contributed by atoms with E-state index in [9.17, 15) is 9.59 Å². The first kappa shape index (κ1) is 24.7. The maximum absolute atomic E-state index is 12.8. The quantitative estimate of drug-likeness (QED) is 0.407. The van der Waals surface area contributed by atoms with Crippen molar-refractivity contribution in [3.05, 3.63) is 58.0 Å². The van der Waals surface area contributed by atoms with E-state index in [4.69, 9.17) is 14.2 Å². The molecule has 0 aliphatic carbocycles. The molecule has 0 spiro atoms. The van der Waals surface area contributed by atoms with Gasteiger partial charge < -0.3 is 14.2 Å². The highest BCUT2D eigenvalue weighted by Crippen LogP contribution is 2.35. The Morgan fingerprint density at radius 1 is 0.970 bits per heavy atom. The van der Waals surface area contributed by atoms with Crippen molar-refractivity contribution in [2.24, 2.45) is 5.92 Å². The Bertz CT molecular complexity index is 1050. The van der Waals surface area contributed by atoms with Gasteiger partial charge in [-0.3, -0.25) is 14.5 Å². The first-order valence-corrected chi connectivity index (χ1v) is 11.9. The van der Waals surface area contributed by atoms with E-state index < -0.39 is 0 Å². The van der Waals surface area contributed by atoms with Crippen LogP contribution in [0.3, 0.4) is 0 Å². The summed E-state index contributed by atoms with van der Waals surface area (Å²) in [6, 6.07) is 11.5. The number of nitrogens with zero attached hydrogens (tertiary/aromatic N) is 1. The highest BCUT2D eigenvalue weighted by atomic mass is 32.2. The number of benzene rings is 2. The molecule has 33 heavy (non-hydrogen) atoms. The van der Waals surface area contributed by atoms with Crippen LogP contribution in [0.2, 0.25) is 0 Å². The van der Waals surface area contributed by atoms with Crippen molar-refractivity contribution in [1.82, 2.24) is 4.90 Å². The molecule has 1 fully saturated rings. The number of ether oxygens (including phenoxy) is 3. The van der Waals surface area contributed by atoms with E-state index >= 15 is 0 Å². The molecule has 2 aromatic rings. The minimum Gasteiger partial charge on any atom is -0.491 e. The smallest absolute Gasteiger partial charge is 0.293 e. The van der Waals surface area contributed by atoms with Crippen LogP contribution in [0.4, 0.5) is 4.79 Å². The Hall–Kier alpha value is -2.93. The number of carbonyl (C=O) groups is 2. The van der Waals surface area contributed by atoms with Gasteiger partial charge in [0.2, 0.25) is 0 Å². The first-order chi connectivity index (χ1) is 15.8. The Labute approximate surface area is 199 Å². The lowest BCUT2D eigenvalue weighted by Gasteiger charge is -2.15. The molecule has 0 bridgehead atoms. The van der Waals surface area contributed by atoms with Crippen LogP contribution < -0.4 is 14.2 Å². The minimum atomic E-state index is -0.312. The lowest BCUT2D eigenvalue weighted by Crippen LogP contribution is -2.32. The van der Waals surface area contributed by atoms with Crippen LogP contribution >= 0.6 is 11.8 Å². The average Bonchev–Trinajstić information content (AvgIpc) is 3.03. The van der Waals surface area contributed by atoms with E-state index in [-0.39, 0.29) is 24.3 Å². The molecule has 2 amide bonds. The third kappa shape index (κ3) is 6.54. The first-order valence-electron chi connectivity index (χ1n) is 11.1. The van der Waals surface area contributed by atoms with E-state index in [2.05, 4.69) is 13.8 Å². The summed E-state index contributed by atoms with van der Waals surface area (Å²) in [5.41, 5.74) is 2.88. The van der Waals surface area contributed by atoms with Crippen molar-refractivity contribution in [3.63, 3.8) is 0 Å². The summed E-state index contributed by atoms with van der Waals surface area (Å²) >= 11 is 0.937. The van der Waals surface area contributed by atoms with Crippen LogP contribution in [0, 0.1) is 19.8 Å². The molecule has 0 unspecified atom stereocenters. The molecule has 1 saturated heterocycles. The van der Waals surface area contributed by atoms with Gasteiger partial charge in [0.05, 0.1) is 24.7 Å². The third-order valence-corrected chi connectivity index (χ3v) is 5.83. The number of amides is 2. The van der Waals surface area contributed by atoms with E-state index in [0.717, 1.165) is 34.2 Å². The molecule has 7 heteroatoms. The van der Waals surface area contributed by atoms with E-state index in [1.165, 1.54) is 4.90 Å². The Morgan fingerprint density at radius 2 is 1.76 bits per heavy atom. The maximum atomic E-state index is 12.8. The van der Waals surface area contributed by atoms with Crippen molar-refractivity contribution in [1.29, 1.82) is 0 Å². The number of hydrogen-bond donors (Lipinski definition) is 0. The number of aryl methyl sites for hydroxylation is 2. The van der Waals surface area contributed by atoms with E-state index in [0.29, 0.717) is 35.5 Å². The van der Waals surface area contributed by atoms with Gasteiger partial charge in [0, 0.05) is 0 Å². The fourth-order valence-corrected chi connectivity index (χ4v) is 4.08. The Balaban J connectivity index is 1.68. The Kier molecular flexibility index (Phi) is 8.44. The largest absolute Gasteiger partial charge is 0.491 e. The highest BCUT2D eigenvalue weighted by molar-refractivity contribution is 8.18. The molecule has 6 nitrogen and oxygen atoms in total. The molecule has 0 atom stereocenters. The molecule has 1 heterocycles. The molecular weight excluding hydrogens is 438 g/mol. The Morgan fingerprint density at radius 3 is 2.48 bits per heavy atom. The predicted molar refractivity (Wildman–Crippen MR) is 132 cm³/mol. The molecular formula is C26H31NO5S. The fourth-order valence-electron chi connectivity index (χ4n) is 3.21. The second-order valence-electron chi connectivity index (χ2n) is 8.29. The number of imide groups is 1. The normalized spacial score (nSPS) is 15.0. The van der Waals surface area contributed by atoms with Gasteiger partial charge in [-0.2, -0.15) is 0 Å². The van der Waals surface area contributed by atoms with Gasteiger partial charge in [-0.1, -0.05) is 32.0 Å². The summed E-state index contributed by atoms with van der Waals surface area (Å²) in [6.07, 6.45) is 1.71. The number of rotatable bonds is 10. The zero-order valence-corrected chi connectivity index (χ0v) is 20.7. The van der Waals surface area contributed by atoms with Crippen LogP contribution in [-0.4, -0.2) is 42.4 Å². The number of carbonyl (C=O) groups excluding carboxylic acids is 2. The fraction of sp³-hybridized carbons (Fsp3) is 0.385. The second kappa shape index (κ2) is 11.3. The summed E-state index contributed by atoms with van der Waals surface area (Å²) < 4.78 is 17.4. The molecule has 176 valence electrons. The van der Waals surface area contributed by atoms with Gasteiger partial charge in [0.1, 0.15) is 12.4 Å². The monoisotopic (exact) mass is 469 g/mol. The molecule has 2 aromatic carbocycles. The standard InChI is InChI=1S/C26H31NO5S/c1-6-30-23-14-20(9-10-21(23)32-16-17(2)3)15-24-25(28)27(26(29)33-24)11-12-31-22-13-18(4)7-8-19(22)5/h7-10,13-15,17H,6,11-12,16H2,1-5H3/b24-15-. The summed E-state index contributed by atoms with van der Waals surface area (Å²) in [5, 5.41) is -0.294. The van der Waals surface area contributed by atoms with Crippen molar-refractivity contribution >= 4 is 29.0 Å². The zero-order valence-electron chi connectivity index (χ0n) is 19.8. The van der Waals surface area contributed by atoms with Gasteiger partial charge >= 0.3 is 0 Å². The van der Waals surface area contributed by atoms with Crippen molar-refractivity contribution in [2.75, 3.05) is 26.4 Å². The van der Waals surface area contributed by atoms with Gasteiger partial charge in [0.15, 0.2) is 11.5 Å². The molecule has 3 rings (SSSR count). The summed E-state index contributed by atoms with van der Waals surface area (Å²) in [7, 11) is 0. The van der Waals surface area contributed by atoms with Crippen LogP contribution in [-0.2, 0) is 4.79 Å². The summed E-state index contributed by atoms with van der Waals surface area (Å²) in [5.74, 6) is 2.13. The molecule has 1 aliphatic rings. The van der Waals surface area contributed by atoms with Crippen molar-refractivity contribution in [2.45, 2.75) is 34.6 Å². The van der Waals surface area contributed by atoms with Crippen molar-refractivity contribution in [3.8, 4) is 17.2 Å². The zero-order chi connectivity index (χ0) is 24.0. The number of hydrogen-bond acceptors (Lipinski definition) is 6. The van der Waals surface area contributed by atoms with Crippen molar-refractivity contribution < 1.29 is 23.8 Å². The van der Waals surface area contributed by atoms with Crippen LogP contribution in [0.15, 0.2) is 41.3 Å².